The van der Waals surface area contributed by atoms with Crippen molar-refractivity contribution < 1.29 is 4.74 Å². The third-order valence-electron chi connectivity index (χ3n) is 4.25. The average Bonchev–Trinajstić information content (AvgIpc) is 2.67. The van der Waals surface area contributed by atoms with Gasteiger partial charge in [-0.05, 0) is 26.3 Å². The van der Waals surface area contributed by atoms with Gasteiger partial charge in [0.15, 0.2) is 5.96 Å². The normalized spacial score (nSPS) is 16.6. The Bertz CT molecular complexity index is 524. The van der Waals surface area contributed by atoms with E-state index in [4.69, 9.17) is 4.74 Å². The lowest BCUT2D eigenvalue weighted by Gasteiger charge is -2.34. The van der Waals surface area contributed by atoms with E-state index >= 15 is 0 Å². The molecule has 1 saturated heterocycles. The number of hydrogen-bond donors (Lipinski definition) is 2. The van der Waals surface area contributed by atoms with Gasteiger partial charge in [0, 0.05) is 71.4 Å². The van der Waals surface area contributed by atoms with Crippen LogP contribution in [0.1, 0.15) is 20.3 Å². The summed E-state index contributed by atoms with van der Waals surface area (Å²) in [6.07, 6.45) is 4.66. The van der Waals surface area contributed by atoms with Gasteiger partial charge in [0.05, 0.1) is 6.61 Å². The molecule has 1 unspecified atom stereocenters. The van der Waals surface area contributed by atoms with Crippen molar-refractivity contribution in [2.24, 2.45) is 4.99 Å². The SMILES string of the molecule is CCNC(=NCCCN1CCN(c2ncccn2)CC1)NC(C)COC.I. The second-order valence-corrected chi connectivity index (χ2v) is 6.49. The maximum atomic E-state index is 5.16. The molecule has 1 atom stereocenters. The Morgan fingerprint density at radius 2 is 1.96 bits per heavy atom. The molecule has 1 fully saturated rings. The Kier molecular flexibility index (Phi) is 12.3. The van der Waals surface area contributed by atoms with Crippen LogP contribution >= 0.6 is 24.0 Å². The molecule has 0 bridgehead atoms. The zero-order valence-electron chi connectivity index (χ0n) is 16.7. The molecule has 2 heterocycles. The van der Waals surface area contributed by atoms with E-state index in [1.54, 1.807) is 19.5 Å². The first kappa shape index (κ1) is 23.8. The van der Waals surface area contributed by atoms with Crippen LogP contribution in [0.3, 0.4) is 0 Å². The fourth-order valence-corrected chi connectivity index (χ4v) is 2.96. The molecule has 0 aliphatic carbocycles. The molecule has 1 aromatic rings. The molecule has 8 nitrogen and oxygen atoms in total. The number of nitrogens with zero attached hydrogens (tertiary/aromatic N) is 5. The van der Waals surface area contributed by atoms with Crippen LogP contribution in [0.4, 0.5) is 5.95 Å². The molecule has 0 spiro atoms. The number of halogens is 1. The number of piperazine rings is 1. The molecule has 154 valence electrons. The van der Waals surface area contributed by atoms with Crippen LogP contribution < -0.4 is 15.5 Å². The minimum Gasteiger partial charge on any atom is -0.383 e. The summed E-state index contributed by atoms with van der Waals surface area (Å²) in [5.74, 6) is 1.70. The van der Waals surface area contributed by atoms with E-state index in [1.165, 1.54) is 0 Å². The lowest BCUT2D eigenvalue weighted by molar-refractivity contribution is 0.179. The van der Waals surface area contributed by atoms with E-state index in [-0.39, 0.29) is 30.0 Å². The lowest BCUT2D eigenvalue weighted by Crippen LogP contribution is -2.47. The summed E-state index contributed by atoms with van der Waals surface area (Å²) in [6, 6.07) is 2.10. The molecular formula is C18H34IN7O. The first-order valence-electron chi connectivity index (χ1n) is 9.51. The molecule has 9 heteroatoms. The molecule has 0 aromatic carbocycles. The van der Waals surface area contributed by atoms with Gasteiger partial charge in [-0.15, -0.1) is 24.0 Å². The smallest absolute Gasteiger partial charge is 0.225 e. The highest BCUT2D eigenvalue weighted by atomic mass is 127. The number of ether oxygens (including phenoxy) is 1. The summed E-state index contributed by atoms with van der Waals surface area (Å²) >= 11 is 0. The zero-order valence-corrected chi connectivity index (χ0v) is 19.1. The van der Waals surface area contributed by atoms with Gasteiger partial charge >= 0.3 is 0 Å². The number of aromatic nitrogens is 2. The fourth-order valence-electron chi connectivity index (χ4n) is 2.96. The Labute approximate surface area is 180 Å². The summed E-state index contributed by atoms with van der Waals surface area (Å²) in [5, 5.41) is 6.64. The first-order valence-corrected chi connectivity index (χ1v) is 9.51. The van der Waals surface area contributed by atoms with Gasteiger partial charge in [0.25, 0.3) is 0 Å². The van der Waals surface area contributed by atoms with Gasteiger partial charge < -0.3 is 20.3 Å². The topological polar surface area (TPSA) is 77.9 Å². The number of guanidine groups is 1. The summed E-state index contributed by atoms with van der Waals surface area (Å²) in [7, 11) is 1.71. The van der Waals surface area contributed by atoms with Crippen LogP contribution in [-0.2, 0) is 4.74 Å². The number of aliphatic imine (C=N–C) groups is 1. The monoisotopic (exact) mass is 491 g/mol. The maximum absolute atomic E-state index is 5.16. The van der Waals surface area contributed by atoms with Crippen molar-refractivity contribution in [3.05, 3.63) is 18.5 Å². The third-order valence-corrected chi connectivity index (χ3v) is 4.25. The second kappa shape index (κ2) is 13.9. The van der Waals surface area contributed by atoms with Crippen LogP contribution in [0, 0.1) is 0 Å². The number of hydrogen-bond acceptors (Lipinski definition) is 6. The number of methoxy groups -OCH3 is 1. The van der Waals surface area contributed by atoms with E-state index < -0.39 is 0 Å². The Balaban J connectivity index is 0.00000364. The van der Waals surface area contributed by atoms with Crippen molar-refractivity contribution in [3.8, 4) is 0 Å². The minimum atomic E-state index is 0. The molecule has 0 radical (unpaired) electrons. The molecule has 0 amide bonds. The van der Waals surface area contributed by atoms with Gasteiger partial charge in [-0.3, -0.25) is 9.89 Å². The fraction of sp³-hybridized carbons (Fsp3) is 0.722. The minimum absolute atomic E-state index is 0. The van der Waals surface area contributed by atoms with Gasteiger partial charge in [-0.25, -0.2) is 9.97 Å². The molecule has 1 aromatic heterocycles. The molecule has 0 saturated carbocycles. The van der Waals surface area contributed by atoms with Crippen LogP contribution in [0.25, 0.3) is 0 Å². The number of rotatable bonds is 9. The van der Waals surface area contributed by atoms with Gasteiger partial charge in [-0.2, -0.15) is 0 Å². The predicted molar refractivity (Wildman–Crippen MR) is 121 cm³/mol. The largest absolute Gasteiger partial charge is 0.383 e. The van der Waals surface area contributed by atoms with Gasteiger partial charge in [0.1, 0.15) is 0 Å². The van der Waals surface area contributed by atoms with Crippen molar-refractivity contribution in [1.29, 1.82) is 0 Å². The summed E-state index contributed by atoms with van der Waals surface area (Å²) in [5.41, 5.74) is 0. The van der Waals surface area contributed by atoms with Crippen LogP contribution in [0.2, 0.25) is 0 Å². The molecule has 2 N–H and O–H groups in total. The van der Waals surface area contributed by atoms with Crippen LogP contribution in [-0.4, -0.2) is 86.4 Å². The number of nitrogens with one attached hydrogen (secondary N) is 2. The molecule has 1 aliphatic heterocycles. The Morgan fingerprint density at radius 1 is 1.26 bits per heavy atom. The maximum Gasteiger partial charge on any atom is 0.225 e. The zero-order chi connectivity index (χ0) is 18.6. The number of anilines is 1. The Morgan fingerprint density at radius 3 is 2.59 bits per heavy atom. The Hall–Kier alpha value is -1.20. The van der Waals surface area contributed by atoms with Crippen LogP contribution in [0.5, 0.6) is 0 Å². The highest BCUT2D eigenvalue weighted by Crippen LogP contribution is 2.09. The van der Waals surface area contributed by atoms with Crippen molar-refractivity contribution in [2.45, 2.75) is 26.3 Å². The standard InChI is InChI=1S/C18H33N7O.HI/c1-4-19-17(23-16(2)15-26-3)20-9-6-10-24-11-13-25(14-12-24)18-21-7-5-8-22-18;/h5,7-8,16H,4,6,9-15H2,1-3H3,(H2,19,20,23);1H. The molecule has 27 heavy (non-hydrogen) atoms. The van der Waals surface area contributed by atoms with E-state index in [2.05, 4.69) is 49.2 Å². The van der Waals surface area contributed by atoms with Crippen molar-refractivity contribution in [2.75, 3.05) is 64.4 Å². The van der Waals surface area contributed by atoms with Crippen molar-refractivity contribution in [3.63, 3.8) is 0 Å². The summed E-state index contributed by atoms with van der Waals surface area (Å²) < 4.78 is 5.16. The lowest BCUT2D eigenvalue weighted by atomic mass is 10.3. The predicted octanol–water partition coefficient (Wildman–Crippen LogP) is 1.20. The van der Waals surface area contributed by atoms with Crippen LogP contribution in [0.15, 0.2) is 23.5 Å². The highest BCUT2D eigenvalue weighted by molar-refractivity contribution is 14.0. The highest BCUT2D eigenvalue weighted by Gasteiger charge is 2.18. The first-order chi connectivity index (χ1) is 12.7. The van der Waals surface area contributed by atoms with Gasteiger partial charge in [0.2, 0.25) is 5.95 Å². The summed E-state index contributed by atoms with van der Waals surface area (Å²) in [4.78, 5) is 18.1. The molecule has 1 aliphatic rings. The third kappa shape index (κ3) is 9.02. The van der Waals surface area contributed by atoms with E-state index in [1.807, 2.05) is 6.07 Å². The summed E-state index contributed by atoms with van der Waals surface area (Å²) in [6.45, 7) is 11.6. The van der Waals surface area contributed by atoms with E-state index in [0.717, 1.165) is 64.1 Å². The van der Waals surface area contributed by atoms with Crippen molar-refractivity contribution >= 4 is 35.9 Å². The second-order valence-electron chi connectivity index (χ2n) is 6.49. The molecular weight excluding hydrogens is 457 g/mol. The van der Waals surface area contributed by atoms with Gasteiger partial charge in [-0.1, -0.05) is 0 Å². The van der Waals surface area contributed by atoms with E-state index in [0.29, 0.717) is 6.61 Å². The quantitative estimate of drug-likeness (QED) is 0.233. The van der Waals surface area contributed by atoms with Crippen molar-refractivity contribution in [1.82, 2.24) is 25.5 Å². The average molecular weight is 491 g/mol. The molecule has 2 rings (SSSR count). The van der Waals surface area contributed by atoms with E-state index in [9.17, 15) is 0 Å².